The molecular formula is C16H33NO. The Hall–Kier alpha value is -0.0800. The number of rotatable bonds is 6. The molecule has 0 bridgehead atoms. The summed E-state index contributed by atoms with van der Waals surface area (Å²) in [4.78, 5) is 0. The minimum absolute atomic E-state index is 0.299. The van der Waals surface area contributed by atoms with Gasteiger partial charge in [-0.2, -0.15) is 0 Å². The summed E-state index contributed by atoms with van der Waals surface area (Å²) in [5, 5.41) is 12.7. The maximum atomic E-state index is 8.93. The Morgan fingerprint density at radius 1 is 1.28 bits per heavy atom. The minimum atomic E-state index is 0.299. The van der Waals surface area contributed by atoms with E-state index in [2.05, 4.69) is 39.9 Å². The Labute approximate surface area is 114 Å². The average Bonchev–Trinajstić information content (AvgIpc) is 2.21. The molecule has 1 fully saturated rings. The lowest BCUT2D eigenvalue weighted by atomic mass is 9.70. The molecule has 0 heterocycles. The van der Waals surface area contributed by atoms with E-state index < -0.39 is 0 Å². The molecule has 0 aromatic carbocycles. The topological polar surface area (TPSA) is 32.3 Å². The van der Waals surface area contributed by atoms with Gasteiger partial charge in [-0.25, -0.2) is 0 Å². The van der Waals surface area contributed by atoms with Crippen LogP contribution < -0.4 is 5.32 Å². The van der Waals surface area contributed by atoms with Crippen molar-refractivity contribution in [1.29, 1.82) is 0 Å². The van der Waals surface area contributed by atoms with E-state index in [4.69, 9.17) is 5.11 Å². The van der Waals surface area contributed by atoms with Gasteiger partial charge in [0, 0.05) is 19.2 Å². The molecular weight excluding hydrogens is 222 g/mol. The Bertz CT molecular complexity index is 247. The lowest BCUT2D eigenvalue weighted by molar-refractivity contribution is 0.140. The molecule has 1 saturated carbocycles. The van der Waals surface area contributed by atoms with Gasteiger partial charge in [0.2, 0.25) is 0 Å². The fourth-order valence-corrected chi connectivity index (χ4v) is 3.57. The monoisotopic (exact) mass is 255 g/mol. The van der Waals surface area contributed by atoms with Gasteiger partial charge in [0.15, 0.2) is 0 Å². The maximum Gasteiger partial charge on any atom is 0.0431 e. The van der Waals surface area contributed by atoms with Crippen LogP contribution in [0.4, 0.5) is 0 Å². The average molecular weight is 255 g/mol. The van der Waals surface area contributed by atoms with Crippen molar-refractivity contribution in [2.24, 2.45) is 16.7 Å². The lowest BCUT2D eigenvalue weighted by Crippen LogP contribution is -2.43. The van der Waals surface area contributed by atoms with Gasteiger partial charge >= 0.3 is 0 Å². The molecule has 1 rings (SSSR count). The van der Waals surface area contributed by atoms with Gasteiger partial charge in [-0.1, -0.05) is 34.6 Å². The summed E-state index contributed by atoms with van der Waals surface area (Å²) in [7, 11) is 0. The van der Waals surface area contributed by atoms with Crippen molar-refractivity contribution in [1.82, 2.24) is 5.32 Å². The zero-order valence-electron chi connectivity index (χ0n) is 13.1. The van der Waals surface area contributed by atoms with Crippen LogP contribution in [-0.2, 0) is 0 Å². The first-order valence-corrected chi connectivity index (χ1v) is 7.58. The smallest absolute Gasteiger partial charge is 0.0431 e. The first kappa shape index (κ1) is 16.0. The molecule has 108 valence electrons. The van der Waals surface area contributed by atoms with E-state index in [0.29, 0.717) is 23.5 Å². The Balaban J connectivity index is 2.38. The van der Waals surface area contributed by atoms with Crippen LogP contribution in [0.2, 0.25) is 0 Å². The number of hydrogen-bond acceptors (Lipinski definition) is 2. The fourth-order valence-electron chi connectivity index (χ4n) is 3.57. The Morgan fingerprint density at radius 2 is 1.94 bits per heavy atom. The molecule has 0 aromatic rings. The SMILES string of the molecule is CC1CC(NCC(C)(C)CCCO)CC(C)(C)C1. The molecule has 1 aliphatic rings. The molecule has 2 unspecified atom stereocenters. The second-order valence-corrected chi connectivity index (χ2v) is 7.98. The van der Waals surface area contributed by atoms with E-state index in [1.54, 1.807) is 0 Å². The number of aliphatic hydroxyl groups is 1. The minimum Gasteiger partial charge on any atom is -0.396 e. The number of hydrogen-bond donors (Lipinski definition) is 2. The molecule has 2 nitrogen and oxygen atoms in total. The van der Waals surface area contributed by atoms with Crippen LogP contribution in [-0.4, -0.2) is 24.3 Å². The normalized spacial score (nSPS) is 28.3. The lowest BCUT2D eigenvalue weighted by Gasteiger charge is -2.40. The van der Waals surface area contributed by atoms with Crippen LogP contribution in [0.15, 0.2) is 0 Å². The molecule has 0 radical (unpaired) electrons. The van der Waals surface area contributed by atoms with Crippen LogP contribution in [0.3, 0.4) is 0 Å². The third-order valence-electron chi connectivity index (χ3n) is 4.27. The highest BCUT2D eigenvalue weighted by Crippen LogP contribution is 2.38. The van der Waals surface area contributed by atoms with Gasteiger partial charge in [-0.15, -0.1) is 0 Å². The van der Waals surface area contributed by atoms with Gasteiger partial charge in [-0.3, -0.25) is 0 Å². The van der Waals surface area contributed by atoms with Crippen molar-refractivity contribution < 1.29 is 5.11 Å². The first-order chi connectivity index (χ1) is 8.24. The summed E-state index contributed by atoms with van der Waals surface area (Å²) in [6.07, 6.45) is 6.00. The molecule has 0 saturated heterocycles. The maximum absolute atomic E-state index is 8.93. The summed E-state index contributed by atoms with van der Waals surface area (Å²) in [5.74, 6) is 0.840. The largest absolute Gasteiger partial charge is 0.396 e. The number of nitrogens with one attached hydrogen (secondary N) is 1. The van der Waals surface area contributed by atoms with Gasteiger partial charge in [0.25, 0.3) is 0 Å². The second-order valence-electron chi connectivity index (χ2n) is 7.98. The Morgan fingerprint density at radius 3 is 2.50 bits per heavy atom. The van der Waals surface area contributed by atoms with Crippen LogP contribution >= 0.6 is 0 Å². The van der Waals surface area contributed by atoms with E-state index in [1.807, 2.05) is 0 Å². The molecule has 0 amide bonds. The number of aliphatic hydroxyl groups excluding tert-OH is 1. The predicted octanol–water partition coefficient (Wildman–Crippen LogP) is 3.59. The zero-order chi connectivity index (χ0) is 13.8. The van der Waals surface area contributed by atoms with Gasteiger partial charge in [-0.05, 0) is 48.9 Å². The second kappa shape index (κ2) is 6.38. The zero-order valence-corrected chi connectivity index (χ0v) is 13.1. The molecule has 0 aliphatic heterocycles. The Kier molecular flexibility index (Phi) is 5.67. The van der Waals surface area contributed by atoms with Crippen LogP contribution in [0, 0.1) is 16.7 Å². The quantitative estimate of drug-likeness (QED) is 0.760. The van der Waals surface area contributed by atoms with Crippen LogP contribution in [0.25, 0.3) is 0 Å². The molecule has 18 heavy (non-hydrogen) atoms. The molecule has 2 heteroatoms. The summed E-state index contributed by atoms with van der Waals surface area (Å²) in [5.41, 5.74) is 0.790. The summed E-state index contributed by atoms with van der Waals surface area (Å²) in [6, 6.07) is 0.678. The molecule has 0 aromatic heterocycles. The first-order valence-electron chi connectivity index (χ1n) is 7.58. The fraction of sp³-hybridized carbons (Fsp3) is 1.00. The van der Waals surface area contributed by atoms with Crippen molar-refractivity contribution in [3.05, 3.63) is 0 Å². The molecule has 2 atom stereocenters. The van der Waals surface area contributed by atoms with E-state index in [1.165, 1.54) is 19.3 Å². The summed E-state index contributed by atoms with van der Waals surface area (Å²) >= 11 is 0. The van der Waals surface area contributed by atoms with Crippen molar-refractivity contribution in [2.45, 2.75) is 72.8 Å². The van der Waals surface area contributed by atoms with E-state index in [0.717, 1.165) is 25.3 Å². The van der Waals surface area contributed by atoms with E-state index in [9.17, 15) is 0 Å². The third kappa shape index (κ3) is 5.71. The van der Waals surface area contributed by atoms with E-state index in [-0.39, 0.29) is 0 Å². The van der Waals surface area contributed by atoms with Crippen LogP contribution in [0.1, 0.15) is 66.7 Å². The standard InChI is InChI=1S/C16H33NO/c1-13-9-14(11-16(4,5)10-13)17-12-15(2,3)7-6-8-18/h13-14,17-18H,6-12H2,1-5H3. The van der Waals surface area contributed by atoms with Crippen molar-refractivity contribution in [3.63, 3.8) is 0 Å². The highest BCUT2D eigenvalue weighted by atomic mass is 16.2. The molecule has 0 spiro atoms. The van der Waals surface area contributed by atoms with Crippen molar-refractivity contribution in [3.8, 4) is 0 Å². The van der Waals surface area contributed by atoms with Crippen molar-refractivity contribution in [2.75, 3.05) is 13.2 Å². The van der Waals surface area contributed by atoms with Gasteiger partial charge < -0.3 is 10.4 Å². The van der Waals surface area contributed by atoms with E-state index >= 15 is 0 Å². The predicted molar refractivity (Wildman–Crippen MR) is 78.7 cm³/mol. The third-order valence-corrected chi connectivity index (χ3v) is 4.27. The highest BCUT2D eigenvalue weighted by Gasteiger charge is 2.32. The van der Waals surface area contributed by atoms with Gasteiger partial charge in [0.1, 0.15) is 0 Å². The summed E-state index contributed by atoms with van der Waals surface area (Å²) < 4.78 is 0. The van der Waals surface area contributed by atoms with Gasteiger partial charge in [0.05, 0.1) is 0 Å². The van der Waals surface area contributed by atoms with Crippen molar-refractivity contribution >= 4 is 0 Å². The molecule has 1 aliphatic carbocycles. The van der Waals surface area contributed by atoms with Crippen LogP contribution in [0.5, 0.6) is 0 Å². The summed E-state index contributed by atoms with van der Waals surface area (Å²) in [6.45, 7) is 13.2. The highest BCUT2D eigenvalue weighted by molar-refractivity contribution is 4.87. The molecule has 2 N–H and O–H groups in total.